The number of hydrogen-bond acceptors (Lipinski definition) is 5. The van der Waals surface area contributed by atoms with E-state index in [4.69, 9.17) is 15.6 Å². The highest BCUT2D eigenvalue weighted by molar-refractivity contribution is 5.90. The van der Waals surface area contributed by atoms with Crippen molar-refractivity contribution in [3.63, 3.8) is 0 Å². The molecule has 0 spiro atoms. The number of anilines is 2. The first-order valence-electron chi connectivity index (χ1n) is 7.53. The van der Waals surface area contributed by atoms with Gasteiger partial charge in [-0.1, -0.05) is 0 Å². The molecular weight excluding hydrogens is 298 g/mol. The van der Waals surface area contributed by atoms with Gasteiger partial charge in [-0.25, -0.2) is 9.59 Å². The topological polar surface area (TPSA) is 105 Å². The molecule has 7 nitrogen and oxygen atoms in total. The number of nitrogen functional groups attached to an aromatic ring is 1. The monoisotopic (exact) mass is 321 g/mol. The third-order valence-electron chi connectivity index (χ3n) is 3.53. The Morgan fingerprint density at radius 2 is 2.09 bits per heavy atom. The normalized spacial score (nSPS) is 17.9. The maximum absolute atomic E-state index is 11.8. The fraction of sp³-hybridized carbons (Fsp3) is 0.500. The van der Waals surface area contributed by atoms with E-state index >= 15 is 0 Å². The van der Waals surface area contributed by atoms with E-state index in [1.54, 1.807) is 12.1 Å². The molecule has 126 valence electrons. The number of nitrogens with one attached hydrogen (secondary N) is 1. The molecule has 1 aliphatic rings. The Morgan fingerprint density at radius 3 is 2.70 bits per heavy atom. The minimum Gasteiger partial charge on any atom is -0.478 e. The number of nitrogens with zero attached hydrogens (tertiary/aromatic N) is 1. The number of rotatable bonds is 3. The molecule has 7 heteroatoms. The lowest BCUT2D eigenvalue weighted by Crippen LogP contribution is -2.40. The highest BCUT2D eigenvalue weighted by atomic mass is 16.6. The number of carbonyl (C=O) groups excluding carboxylic acids is 1. The van der Waals surface area contributed by atoms with Gasteiger partial charge in [-0.15, -0.1) is 0 Å². The number of nitrogens with two attached hydrogens (primary N) is 1. The number of aromatic carboxylic acids is 1. The van der Waals surface area contributed by atoms with Gasteiger partial charge in [0.05, 0.1) is 23.0 Å². The van der Waals surface area contributed by atoms with Crippen LogP contribution in [0, 0.1) is 0 Å². The number of hydrogen-bond donors (Lipinski definition) is 3. The van der Waals surface area contributed by atoms with Crippen molar-refractivity contribution >= 4 is 23.4 Å². The molecule has 1 aromatic rings. The molecule has 0 aromatic heterocycles. The number of benzene rings is 1. The van der Waals surface area contributed by atoms with Gasteiger partial charge in [-0.2, -0.15) is 0 Å². The first-order valence-corrected chi connectivity index (χ1v) is 7.53. The molecule has 4 N–H and O–H groups in total. The molecule has 2 rings (SSSR count). The molecule has 0 radical (unpaired) electrons. The Bertz CT molecular complexity index is 610. The Morgan fingerprint density at radius 1 is 1.39 bits per heavy atom. The molecule has 1 aliphatic heterocycles. The average molecular weight is 321 g/mol. The van der Waals surface area contributed by atoms with Crippen LogP contribution >= 0.6 is 0 Å². The summed E-state index contributed by atoms with van der Waals surface area (Å²) < 4.78 is 5.24. The van der Waals surface area contributed by atoms with Crippen molar-refractivity contribution in [2.24, 2.45) is 0 Å². The van der Waals surface area contributed by atoms with E-state index in [2.05, 4.69) is 5.32 Å². The zero-order chi connectivity index (χ0) is 17.2. The van der Waals surface area contributed by atoms with Crippen molar-refractivity contribution in [2.75, 3.05) is 23.7 Å². The summed E-state index contributed by atoms with van der Waals surface area (Å²) in [6.07, 6.45) is 0.298. The van der Waals surface area contributed by atoms with Crippen LogP contribution in [0.5, 0.6) is 0 Å². The van der Waals surface area contributed by atoms with Crippen LogP contribution in [0.1, 0.15) is 37.6 Å². The highest BCUT2D eigenvalue weighted by Crippen LogP contribution is 2.28. The highest BCUT2D eigenvalue weighted by Gasteiger charge is 2.27. The molecule has 0 bridgehead atoms. The Kier molecular flexibility index (Phi) is 4.68. The molecule has 0 aliphatic carbocycles. The lowest BCUT2D eigenvalue weighted by Gasteiger charge is -2.23. The first-order chi connectivity index (χ1) is 10.7. The molecule has 1 aromatic carbocycles. The fourth-order valence-electron chi connectivity index (χ4n) is 2.52. The van der Waals surface area contributed by atoms with Gasteiger partial charge in [0.1, 0.15) is 5.60 Å². The van der Waals surface area contributed by atoms with Crippen molar-refractivity contribution in [2.45, 2.75) is 38.8 Å². The summed E-state index contributed by atoms with van der Waals surface area (Å²) in [4.78, 5) is 24.9. The number of ether oxygens (including phenoxy) is 1. The van der Waals surface area contributed by atoms with Crippen molar-refractivity contribution in [3.05, 3.63) is 23.8 Å². The first kappa shape index (κ1) is 16.9. The summed E-state index contributed by atoms with van der Waals surface area (Å²) in [6.45, 7) is 6.68. The zero-order valence-electron chi connectivity index (χ0n) is 13.6. The fourth-order valence-corrected chi connectivity index (χ4v) is 2.52. The lowest BCUT2D eigenvalue weighted by atomic mass is 10.1. The van der Waals surface area contributed by atoms with Gasteiger partial charge in [0.2, 0.25) is 0 Å². The quantitative estimate of drug-likeness (QED) is 0.736. The second-order valence-electron chi connectivity index (χ2n) is 6.66. The summed E-state index contributed by atoms with van der Waals surface area (Å²) in [6, 6.07) is 4.58. The molecule has 1 heterocycles. The molecule has 0 saturated carbocycles. The molecular formula is C16H23N3O4. The number of amides is 1. The van der Waals surface area contributed by atoms with Gasteiger partial charge in [0.15, 0.2) is 0 Å². The van der Waals surface area contributed by atoms with Gasteiger partial charge in [0, 0.05) is 13.1 Å². The maximum atomic E-state index is 11.8. The Balaban J connectivity index is 2.01. The SMILES string of the molecule is CC(C)(C)OC(=O)N[C@H]1CCN(c2cc(C(=O)O)ccc2N)C1. The standard InChI is InChI=1S/C16H23N3O4/c1-16(2,3)23-15(22)18-11-6-7-19(9-11)13-8-10(14(20)21)4-5-12(13)17/h4-5,8,11H,6-7,9,17H2,1-3H3,(H,18,22)(H,20,21)/t11-/m0/s1. The van der Waals surface area contributed by atoms with Crippen molar-refractivity contribution in [1.82, 2.24) is 5.32 Å². The lowest BCUT2D eigenvalue weighted by molar-refractivity contribution is 0.0508. The summed E-state index contributed by atoms with van der Waals surface area (Å²) in [5.74, 6) is -0.992. The van der Waals surface area contributed by atoms with Crippen LogP contribution in [0.3, 0.4) is 0 Å². The van der Waals surface area contributed by atoms with Gasteiger partial charge in [0.25, 0.3) is 0 Å². The third kappa shape index (κ3) is 4.51. The second-order valence-corrected chi connectivity index (χ2v) is 6.66. The average Bonchev–Trinajstić information content (AvgIpc) is 2.84. The molecule has 1 amide bonds. The predicted octanol–water partition coefficient (Wildman–Crippen LogP) is 2.07. The van der Waals surface area contributed by atoms with E-state index < -0.39 is 17.7 Å². The number of carbonyl (C=O) groups is 2. The largest absolute Gasteiger partial charge is 0.478 e. The number of alkyl carbamates (subject to hydrolysis) is 1. The summed E-state index contributed by atoms with van der Waals surface area (Å²) in [7, 11) is 0. The van der Waals surface area contributed by atoms with Crippen LogP contribution in [0.4, 0.5) is 16.2 Å². The van der Waals surface area contributed by atoms with Crippen LogP contribution < -0.4 is 16.0 Å². The van der Waals surface area contributed by atoms with E-state index in [0.29, 0.717) is 24.5 Å². The summed E-state index contributed by atoms with van der Waals surface area (Å²) >= 11 is 0. The second kappa shape index (κ2) is 6.36. The molecule has 1 saturated heterocycles. The Labute approximate surface area is 135 Å². The molecule has 1 atom stereocenters. The van der Waals surface area contributed by atoms with Gasteiger partial charge < -0.3 is 25.8 Å². The number of carboxylic acid groups (broad SMARTS) is 1. The van der Waals surface area contributed by atoms with Crippen LogP contribution in [0.25, 0.3) is 0 Å². The molecule has 0 unspecified atom stereocenters. The predicted molar refractivity (Wildman–Crippen MR) is 87.8 cm³/mol. The minimum absolute atomic E-state index is 0.0577. The van der Waals surface area contributed by atoms with E-state index in [0.717, 1.165) is 6.42 Å². The van der Waals surface area contributed by atoms with Crippen LogP contribution in [0.15, 0.2) is 18.2 Å². The summed E-state index contributed by atoms with van der Waals surface area (Å²) in [5.41, 5.74) is 6.81. The van der Waals surface area contributed by atoms with Crippen molar-refractivity contribution < 1.29 is 19.4 Å². The zero-order valence-corrected chi connectivity index (χ0v) is 13.6. The minimum atomic E-state index is -0.992. The molecule has 1 fully saturated rings. The number of carboxylic acids is 1. The maximum Gasteiger partial charge on any atom is 0.407 e. The van der Waals surface area contributed by atoms with Gasteiger partial charge in [-0.05, 0) is 45.4 Å². The van der Waals surface area contributed by atoms with E-state index in [9.17, 15) is 9.59 Å². The van der Waals surface area contributed by atoms with E-state index in [-0.39, 0.29) is 11.6 Å². The van der Waals surface area contributed by atoms with Crippen LogP contribution in [-0.2, 0) is 4.74 Å². The van der Waals surface area contributed by atoms with E-state index in [1.807, 2.05) is 25.7 Å². The van der Waals surface area contributed by atoms with Crippen molar-refractivity contribution in [1.29, 1.82) is 0 Å². The van der Waals surface area contributed by atoms with Gasteiger partial charge in [-0.3, -0.25) is 0 Å². The summed E-state index contributed by atoms with van der Waals surface area (Å²) in [5, 5.41) is 11.9. The van der Waals surface area contributed by atoms with E-state index in [1.165, 1.54) is 6.07 Å². The molecule has 23 heavy (non-hydrogen) atoms. The smallest absolute Gasteiger partial charge is 0.407 e. The van der Waals surface area contributed by atoms with Crippen LogP contribution in [-0.4, -0.2) is 41.9 Å². The van der Waals surface area contributed by atoms with Gasteiger partial charge >= 0.3 is 12.1 Å². The van der Waals surface area contributed by atoms with Crippen molar-refractivity contribution in [3.8, 4) is 0 Å². The third-order valence-corrected chi connectivity index (χ3v) is 3.53. The Hall–Kier alpha value is -2.44. The van der Waals surface area contributed by atoms with Crippen LogP contribution in [0.2, 0.25) is 0 Å².